The third-order valence-electron chi connectivity index (χ3n) is 5.55. The summed E-state index contributed by atoms with van der Waals surface area (Å²) in [5.74, 6) is -0.359. The molecular formula is C17H28FN3O2. The molecule has 5 nitrogen and oxygen atoms in total. The van der Waals surface area contributed by atoms with Crippen molar-refractivity contribution >= 4 is 11.9 Å². The molecule has 1 N–H and O–H groups in total. The lowest BCUT2D eigenvalue weighted by Crippen LogP contribution is -2.55. The zero-order valence-corrected chi connectivity index (χ0v) is 13.9. The molecular weight excluding hydrogens is 297 g/mol. The van der Waals surface area contributed by atoms with Crippen LogP contribution >= 0.6 is 0 Å². The van der Waals surface area contributed by atoms with Crippen LogP contribution in [0.4, 0.5) is 9.18 Å². The van der Waals surface area contributed by atoms with Crippen LogP contribution in [0, 0.1) is 0 Å². The number of alkyl halides is 1. The number of nitrogens with zero attached hydrogens (tertiary/aromatic N) is 2. The summed E-state index contributed by atoms with van der Waals surface area (Å²) in [5.41, 5.74) is -1.77. The zero-order chi connectivity index (χ0) is 16.3. The highest BCUT2D eigenvalue weighted by molar-refractivity contribution is 5.86. The normalized spacial score (nSPS) is 25.4. The second-order valence-corrected chi connectivity index (χ2v) is 7.24. The van der Waals surface area contributed by atoms with E-state index < -0.39 is 5.67 Å². The first-order chi connectivity index (χ1) is 11.1. The van der Waals surface area contributed by atoms with Gasteiger partial charge in [-0.25, -0.2) is 9.18 Å². The Morgan fingerprint density at radius 2 is 1.48 bits per heavy atom. The van der Waals surface area contributed by atoms with Gasteiger partial charge in [-0.2, -0.15) is 0 Å². The maximum absolute atomic E-state index is 15.0. The molecule has 0 radical (unpaired) electrons. The third kappa shape index (κ3) is 3.78. The van der Waals surface area contributed by atoms with E-state index in [9.17, 15) is 14.0 Å². The number of piperidine rings is 1. The summed E-state index contributed by atoms with van der Waals surface area (Å²) >= 11 is 0. The Labute approximate surface area is 137 Å². The van der Waals surface area contributed by atoms with E-state index in [-0.39, 0.29) is 30.8 Å². The molecule has 0 aromatic carbocycles. The number of amides is 3. The molecule has 1 aliphatic carbocycles. The average molecular weight is 325 g/mol. The number of carbonyl (C=O) groups excluding carboxylic acids is 2. The van der Waals surface area contributed by atoms with Gasteiger partial charge in [0.05, 0.1) is 0 Å². The molecule has 3 amide bonds. The summed E-state index contributed by atoms with van der Waals surface area (Å²) in [6.07, 6.45) is 7.86. The summed E-state index contributed by atoms with van der Waals surface area (Å²) in [6.45, 7) is 2.01. The van der Waals surface area contributed by atoms with Crippen molar-refractivity contribution < 1.29 is 14.0 Å². The zero-order valence-electron chi connectivity index (χ0n) is 13.9. The van der Waals surface area contributed by atoms with Crippen LogP contribution in [0.2, 0.25) is 0 Å². The summed E-state index contributed by atoms with van der Waals surface area (Å²) in [4.78, 5) is 28.0. The smallest absolute Gasteiger partial charge is 0.317 e. The molecule has 130 valence electrons. The largest absolute Gasteiger partial charge is 0.340 e. The number of carbonyl (C=O) groups is 2. The quantitative estimate of drug-likeness (QED) is 0.848. The molecule has 2 heterocycles. The maximum atomic E-state index is 15.0. The van der Waals surface area contributed by atoms with E-state index in [0.717, 1.165) is 25.7 Å². The molecule has 6 heteroatoms. The fourth-order valence-corrected chi connectivity index (χ4v) is 3.99. The van der Waals surface area contributed by atoms with Crippen LogP contribution in [0.5, 0.6) is 0 Å². The second-order valence-electron chi connectivity index (χ2n) is 7.24. The van der Waals surface area contributed by atoms with Gasteiger partial charge in [0.2, 0.25) is 0 Å². The predicted molar refractivity (Wildman–Crippen MR) is 85.9 cm³/mol. The van der Waals surface area contributed by atoms with Gasteiger partial charge in [0, 0.05) is 45.1 Å². The number of urea groups is 1. The molecule has 0 unspecified atom stereocenters. The van der Waals surface area contributed by atoms with Gasteiger partial charge in [-0.1, -0.05) is 19.3 Å². The van der Waals surface area contributed by atoms with Crippen LogP contribution in [0.1, 0.15) is 57.8 Å². The van der Waals surface area contributed by atoms with Crippen molar-refractivity contribution in [3.05, 3.63) is 0 Å². The highest BCUT2D eigenvalue weighted by Crippen LogP contribution is 2.30. The van der Waals surface area contributed by atoms with Crippen molar-refractivity contribution in [1.29, 1.82) is 0 Å². The molecule has 3 rings (SSSR count). The number of hydrogen-bond acceptors (Lipinski definition) is 2. The Hall–Kier alpha value is -1.33. The fourth-order valence-electron chi connectivity index (χ4n) is 3.99. The Bertz CT molecular complexity index is 437. The molecule has 3 fully saturated rings. The van der Waals surface area contributed by atoms with Gasteiger partial charge in [-0.3, -0.25) is 4.79 Å². The lowest BCUT2D eigenvalue weighted by molar-refractivity contribution is -0.145. The van der Waals surface area contributed by atoms with Crippen molar-refractivity contribution in [3.8, 4) is 0 Å². The number of likely N-dealkylation sites (tertiary alicyclic amines) is 2. The number of nitrogens with one attached hydrogen (secondary N) is 1. The van der Waals surface area contributed by atoms with E-state index in [1.165, 1.54) is 19.3 Å². The molecule has 23 heavy (non-hydrogen) atoms. The molecule has 3 aliphatic rings. The highest BCUT2D eigenvalue weighted by Gasteiger charge is 2.45. The van der Waals surface area contributed by atoms with Crippen molar-refractivity contribution in [1.82, 2.24) is 15.1 Å². The molecule has 0 atom stereocenters. The van der Waals surface area contributed by atoms with E-state index >= 15 is 0 Å². The van der Waals surface area contributed by atoms with E-state index in [2.05, 4.69) is 5.32 Å². The van der Waals surface area contributed by atoms with Crippen molar-refractivity contribution in [3.63, 3.8) is 0 Å². The third-order valence-corrected chi connectivity index (χ3v) is 5.55. The Balaban J connectivity index is 1.48. The van der Waals surface area contributed by atoms with Gasteiger partial charge in [-0.05, 0) is 25.7 Å². The van der Waals surface area contributed by atoms with Crippen LogP contribution in [0.3, 0.4) is 0 Å². The minimum Gasteiger partial charge on any atom is -0.340 e. The van der Waals surface area contributed by atoms with Crippen molar-refractivity contribution in [2.24, 2.45) is 0 Å². The van der Waals surface area contributed by atoms with Crippen molar-refractivity contribution in [2.75, 3.05) is 26.2 Å². The fraction of sp³-hybridized carbons (Fsp3) is 0.882. The van der Waals surface area contributed by atoms with Gasteiger partial charge >= 0.3 is 6.03 Å². The molecule has 0 aromatic heterocycles. The summed E-state index contributed by atoms with van der Waals surface area (Å²) in [7, 11) is 0. The number of halogens is 1. The molecule has 1 saturated carbocycles. The van der Waals surface area contributed by atoms with E-state index in [1.807, 2.05) is 0 Å². The summed E-state index contributed by atoms with van der Waals surface area (Å²) in [6, 6.07) is 0.173. The first-order valence-electron chi connectivity index (χ1n) is 9.12. The standard InChI is InChI=1S/C17H28FN3O2/c18-17(15(22)20-10-4-5-11-20)8-12-21(13-9-17)16(23)19-14-6-2-1-3-7-14/h14H,1-13H2,(H,19,23). The minimum atomic E-state index is -1.77. The first-order valence-corrected chi connectivity index (χ1v) is 9.12. The average Bonchev–Trinajstić information content (AvgIpc) is 3.10. The Morgan fingerprint density at radius 3 is 2.09 bits per heavy atom. The van der Waals surface area contributed by atoms with Gasteiger partial charge < -0.3 is 15.1 Å². The van der Waals surface area contributed by atoms with Crippen LogP contribution in [-0.2, 0) is 4.79 Å². The van der Waals surface area contributed by atoms with E-state index in [0.29, 0.717) is 26.2 Å². The van der Waals surface area contributed by atoms with Gasteiger partial charge in [-0.15, -0.1) is 0 Å². The first kappa shape index (κ1) is 16.5. The molecule has 2 aliphatic heterocycles. The van der Waals surface area contributed by atoms with Crippen LogP contribution in [-0.4, -0.2) is 59.6 Å². The van der Waals surface area contributed by atoms with Crippen molar-refractivity contribution in [2.45, 2.75) is 69.5 Å². The van der Waals surface area contributed by atoms with Gasteiger partial charge in [0.1, 0.15) is 0 Å². The predicted octanol–water partition coefficient (Wildman–Crippen LogP) is 2.46. The lowest BCUT2D eigenvalue weighted by Gasteiger charge is -2.38. The number of rotatable bonds is 2. The molecule has 0 spiro atoms. The number of hydrogen-bond donors (Lipinski definition) is 1. The Kier molecular flexibility index (Phi) is 5.07. The Morgan fingerprint density at radius 1 is 0.870 bits per heavy atom. The molecule has 2 saturated heterocycles. The summed E-state index contributed by atoms with van der Waals surface area (Å²) in [5, 5.41) is 3.07. The lowest BCUT2D eigenvalue weighted by atomic mass is 9.91. The van der Waals surface area contributed by atoms with Crippen LogP contribution in [0.15, 0.2) is 0 Å². The van der Waals surface area contributed by atoms with E-state index in [4.69, 9.17) is 0 Å². The van der Waals surface area contributed by atoms with Gasteiger partial charge in [0.15, 0.2) is 5.67 Å². The molecule has 0 aromatic rings. The second kappa shape index (κ2) is 7.05. The SMILES string of the molecule is O=C(NC1CCCCC1)N1CCC(F)(C(=O)N2CCCC2)CC1. The summed E-state index contributed by atoms with van der Waals surface area (Å²) < 4.78 is 15.0. The maximum Gasteiger partial charge on any atom is 0.317 e. The topological polar surface area (TPSA) is 52.7 Å². The minimum absolute atomic E-state index is 0.0902. The monoisotopic (exact) mass is 325 g/mol. The van der Waals surface area contributed by atoms with E-state index in [1.54, 1.807) is 9.80 Å². The highest BCUT2D eigenvalue weighted by atomic mass is 19.1. The molecule has 0 bridgehead atoms. The van der Waals surface area contributed by atoms with Crippen LogP contribution < -0.4 is 5.32 Å². The van der Waals surface area contributed by atoms with Crippen LogP contribution in [0.25, 0.3) is 0 Å². The van der Waals surface area contributed by atoms with Gasteiger partial charge in [0.25, 0.3) is 5.91 Å².